The van der Waals surface area contributed by atoms with Crippen molar-refractivity contribution in [2.24, 2.45) is 0 Å². The maximum Gasteiger partial charge on any atom is 0.308 e. The molecule has 43 heavy (non-hydrogen) atoms. The second-order valence-electron chi connectivity index (χ2n) is 11.2. The number of ether oxygens (including phenoxy) is 1. The zero-order chi connectivity index (χ0) is 29.9. The summed E-state index contributed by atoms with van der Waals surface area (Å²) in [5.41, 5.74) is 4.36. The number of halogens is 1. The lowest BCUT2D eigenvalue weighted by molar-refractivity contribution is -0.133. The van der Waals surface area contributed by atoms with Crippen molar-refractivity contribution < 1.29 is 14.3 Å². The number of carbonyl (C=O) groups excluding carboxylic acids is 2. The number of rotatable bonds is 8. The van der Waals surface area contributed by atoms with E-state index in [0.717, 1.165) is 71.7 Å². The number of nitrogens with zero attached hydrogens (tertiary/aromatic N) is 4. The van der Waals surface area contributed by atoms with Crippen LogP contribution in [0, 0.1) is 0 Å². The third-order valence-corrected chi connectivity index (χ3v) is 9.65. The lowest BCUT2D eigenvalue weighted by Crippen LogP contribution is -2.44. The number of amides is 2. The predicted molar refractivity (Wildman–Crippen MR) is 171 cm³/mol. The van der Waals surface area contributed by atoms with E-state index < -0.39 is 0 Å². The van der Waals surface area contributed by atoms with Crippen LogP contribution in [0.15, 0.2) is 71.5 Å². The lowest BCUT2D eigenvalue weighted by atomic mass is 9.98. The lowest BCUT2D eigenvalue weighted by Gasteiger charge is -2.35. The molecular formula is C33H35ClN4O4S. The number of likely N-dealkylation sites (tertiary alicyclic amines) is 1. The van der Waals surface area contributed by atoms with Crippen molar-refractivity contribution >= 4 is 45.0 Å². The SMILES string of the molecule is CN(C(=O)Cn1c(=O)sc2ccc(Cl)cc21)C(CN1CCOCC1)c1ccc(-c2cccc(C(=O)N3CCCC3)c2)cc1. The van der Waals surface area contributed by atoms with Gasteiger partial charge < -0.3 is 14.5 Å². The Morgan fingerprint density at radius 2 is 1.70 bits per heavy atom. The molecule has 2 aliphatic heterocycles. The summed E-state index contributed by atoms with van der Waals surface area (Å²) in [6.45, 7) is 5.13. The van der Waals surface area contributed by atoms with Gasteiger partial charge in [-0.3, -0.25) is 23.9 Å². The first kappa shape index (κ1) is 29.6. The summed E-state index contributed by atoms with van der Waals surface area (Å²) in [5.74, 6) is -0.0706. The van der Waals surface area contributed by atoms with Gasteiger partial charge in [-0.2, -0.15) is 0 Å². The van der Waals surface area contributed by atoms with Gasteiger partial charge in [0.15, 0.2) is 0 Å². The van der Waals surface area contributed by atoms with Crippen molar-refractivity contribution in [1.82, 2.24) is 19.3 Å². The molecule has 0 spiro atoms. The molecule has 2 aliphatic rings. The summed E-state index contributed by atoms with van der Waals surface area (Å²) in [4.78, 5) is 45.3. The van der Waals surface area contributed by atoms with Crippen LogP contribution in [0.2, 0.25) is 5.02 Å². The van der Waals surface area contributed by atoms with Gasteiger partial charge in [-0.15, -0.1) is 0 Å². The molecule has 0 N–H and O–H groups in total. The summed E-state index contributed by atoms with van der Waals surface area (Å²) >= 11 is 7.32. The van der Waals surface area contributed by atoms with Crippen LogP contribution >= 0.6 is 22.9 Å². The summed E-state index contributed by atoms with van der Waals surface area (Å²) in [6.07, 6.45) is 2.12. The number of likely N-dealkylation sites (N-methyl/N-ethyl adjacent to an activating group) is 1. The van der Waals surface area contributed by atoms with Crippen LogP contribution in [-0.2, 0) is 16.1 Å². The Kier molecular flexibility index (Phi) is 8.95. The van der Waals surface area contributed by atoms with Crippen molar-refractivity contribution in [3.8, 4) is 11.1 Å². The number of morpholine rings is 1. The predicted octanol–water partition coefficient (Wildman–Crippen LogP) is 5.15. The fourth-order valence-electron chi connectivity index (χ4n) is 5.92. The van der Waals surface area contributed by atoms with Crippen LogP contribution in [0.4, 0.5) is 0 Å². The van der Waals surface area contributed by atoms with E-state index in [1.54, 1.807) is 24.1 Å². The average Bonchev–Trinajstić information content (AvgIpc) is 3.68. The van der Waals surface area contributed by atoms with E-state index in [4.69, 9.17) is 16.3 Å². The molecule has 0 aliphatic carbocycles. The highest BCUT2D eigenvalue weighted by atomic mass is 35.5. The number of hydrogen-bond acceptors (Lipinski definition) is 6. The number of thiazole rings is 1. The van der Waals surface area contributed by atoms with Gasteiger partial charge in [0.2, 0.25) is 5.91 Å². The number of fused-ring (bicyclic) bond motifs is 1. The molecule has 4 aromatic rings. The second-order valence-corrected chi connectivity index (χ2v) is 12.6. The minimum absolute atomic E-state index is 0.0643. The fraction of sp³-hybridized carbons (Fsp3) is 0.364. The van der Waals surface area contributed by atoms with Crippen molar-refractivity contribution in [2.75, 3.05) is 53.0 Å². The third-order valence-electron chi connectivity index (χ3n) is 8.45. The standard InChI is InChI=1S/C33H35ClN4O4S/c1-35(31(39)22-38-28-20-27(34)11-12-30(28)43-33(38)41)29(21-36-15-17-42-18-16-36)24-9-7-23(8-10-24)25-5-4-6-26(19-25)32(40)37-13-2-3-14-37/h4-12,19-20,29H,2-3,13-18,21-22H2,1H3. The van der Waals surface area contributed by atoms with E-state index in [9.17, 15) is 14.4 Å². The Morgan fingerprint density at radius 3 is 2.44 bits per heavy atom. The molecule has 0 saturated carbocycles. The Morgan fingerprint density at radius 1 is 0.953 bits per heavy atom. The highest BCUT2D eigenvalue weighted by Gasteiger charge is 2.27. The Bertz CT molecular complexity index is 1670. The molecular weight excluding hydrogens is 584 g/mol. The van der Waals surface area contributed by atoms with Crippen molar-refractivity contribution in [2.45, 2.75) is 25.4 Å². The quantitative estimate of drug-likeness (QED) is 0.273. The van der Waals surface area contributed by atoms with E-state index in [2.05, 4.69) is 29.2 Å². The summed E-state index contributed by atoms with van der Waals surface area (Å²) in [6, 6.07) is 21.1. The molecule has 3 aromatic carbocycles. The van der Waals surface area contributed by atoms with Gasteiger partial charge in [-0.25, -0.2) is 0 Å². The molecule has 0 radical (unpaired) electrons. The zero-order valence-corrected chi connectivity index (χ0v) is 25.8. The van der Waals surface area contributed by atoms with Gasteiger partial charge in [0, 0.05) is 50.4 Å². The van der Waals surface area contributed by atoms with Crippen LogP contribution in [0.5, 0.6) is 0 Å². The van der Waals surface area contributed by atoms with Crippen LogP contribution in [0.25, 0.3) is 21.3 Å². The first-order chi connectivity index (χ1) is 20.9. The minimum atomic E-state index is -0.230. The number of aromatic nitrogens is 1. The Balaban J connectivity index is 1.25. The van der Waals surface area contributed by atoms with Crippen LogP contribution in [0.1, 0.15) is 34.8 Å². The third kappa shape index (κ3) is 6.55. The normalized spacial score (nSPS) is 16.5. The molecule has 3 heterocycles. The maximum atomic E-state index is 13.7. The largest absolute Gasteiger partial charge is 0.379 e. The van der Waals surface area contributed by atoms with Gasteiger partial charge in [-0.1, -0.05) is 59.3 Å². The first-order valence-electron chi connectivity index (χ1n) is 14.7. The number of carbonyl (C=O) groups is 2. The second kappa shape index (κ2) is 13.0. The van der Waals surface area contributed by atoms with Gasteiger partial charge in [0.25, 0.3) is 5.91 Å². The minimum Gasteiger partial charge on any atom is -0.379 e. The molecule has 2 saturated heterocycles. The average molecular weight is 619 g/mol. The highest BCUT2D eigenvalue weighted by molar-refractivity contribution is 7.16. The monoisotopic (exact) mass is 618 g/mol. The van der Waals surface area contributed by atoms with E-state index >= 15 is 0 Å². The molecule has 8 nitrogen and oxygen atoms in total. The highest BCUT2D eigenvalue weighted by Crippen LogP contribution is 2.28. The fourth-order valence-corrected chi connectivity index (χ4v) is 6.96. The van der Waals surface area contributed by atoms with E-state index in [1.165, 1.54) is 4.57 Å². The zero-order valence-electron chi connectivity index (χ0n) is 24.2. The molecule has 224 valence electrons. The Labute approximate surface area is 260 Å². The Hall–Kier alpha value is -3.50. The van der Waals surface area contributed by atoms with Gasteiger partial charge >= 0.3 is 4.87 Å². The number of benzene rings is 3. The topological polar surface area (TPSA) is 75.1 Å². The molecule has 6 rings (SSSR count). The molecule has 1 atom stereocenters. The van der Waals surface area contributed by atoms with Crippen molar-refractivity contribution in [3.63, 3.8) is 0 Å². The number of hydrogen-bond donors (Lipinski definition) is 0. The molecule has 10 heteroatoms. The smallest absolute Gasteiger partial charge is 0.308 e. The molecule has 1 unspecified atom stereocenters. The van der Waals surface area contributed by atoms with Crippen molar-refractivity contribution in [1.29, 1.82) is 0 Å². The summed E-state index contributed by atoms with van der Waals surface area (Å²) in [5, 5.41) is 0.524. The molecule has 2 fully saturated rings. The molecule has 0 bridgehead atoms. The van der Waals surface area contributed by atoms with E-state index in [0.29, 0.717) is 35.9 Å². The van der Waals surface area contributed by atoms with Crippen LogP contribution < -0.4 is 4.87 Å². The van der Waals surface area contributed by atoms with Crippen molar-refractivity contribution in [3.05, 3.63) is 92.5 Å². The maximum absolute atomic E-state index is 13.7. The van der Waals surface area contributed by atoms with Gasteiger partial charge in [-0.05, 0) is 59.9 Å². The summed E-state index contributed by atoms with van der Waals surface area (Å²) < 4.78 is 7.87. The van der Waals surface area contributed by atoms with E-state index in [-0.39, 0.29) is 29.3 Å². The van der Waals surface area contributed by atoms with Gasteiger partial charge in [0.05, 0.1) is 29.5 Å². The van der Waals surface area contributed by atoms with Crippen LogP contribution in [0.3, 0.4) is 0 Å². The molecule has 1 aromatic heterocycles. The summed E-state index contributed by atoms with van der Waals surface area (Å²) in [7, 11) is 1.81. The van der Waals surface area contributed by atoms with E-state index in [1.807, 2.05) is 35.2 Å². The van der Waals surface area contributed by atoms with Gasteiger partial charge in [0.1, 0.15) is 6.54 Å². The molecule has 2 amide bonds. The van der Waals surface area contributed by atoms with Crippen LogP contribution in [-0.4, -0.2) is 84.1 Å². The first-order valence-corrected chi connectivity index (χ1v) is 15.9.